The summed E-state index contributed by atoms with van der Waals surface area (Å²) in [5.74, 6) is -3.94. The Bertz CT molecular complexity index is 1170. The normalized spacial score (nSPS) is 22.8. The monoisotopic (exact) mass is 480 g/mol. The van der Waals surface area contributed by atoms with Crippen LogP contribution in [0.25, 0.3) is 0 Å². The lowest BCUT2D eigenvalue weighted by molar-refractivity contribution is -0.138. The van der Waals surface area contributed by atoms with E-state index in [4.69, 9.17) is 19.3 Å². The van der Waals surface area contributed by atoms with E-state index in [9.17, 15) is 23.2 Å². The molecule has 3 atom stereocenters. The van der Waals surface area contributed by atoms with Crippen LogP contribution in [0, 0.1) is 0 Å². The maximum absolute atomic E-state index is 14.2. The van der Waals surface area contributed by atoms with Gasteiger partial charge in [0.05, 0.1) is 12.7 Å². The summed E-state index contributed by atoms with van der Waals surface area (Å²) in [6.45, 7) is -0.583. The summed E-state index contributed by atoms with van der Waals surface area (Å²) in [5.41, 5.74) is -0.934. The van der Waals surface area contributed by atoms with Crippen LogP contribution in [0.15, 0.2) is 35.3 Å². The summed E-state index contributed by atoms with van der Waals surface area (Å²) >= 11 is 0. The van der Waals surface area contributed by atoms with Crippen molar-refractivity contribution < 1.29 is 37.7 Å². The molecule has 34 heavy (non-hydrogen) atoms. The van der Waals surface area contributed by atoms with Crippen molar-refractivity contribution in [3.05, 3.63) is 46.5 Å². The first-order valence-corrected chi connectivity index (χ1v) is 10.3. The minimum absolute atomic E-state index is 0.0264. The van der Waals surface area contributed by atoms with E-state index in [1.165, 1.54) is 29.2 Å². The van der Waals surface area contributed by atoms with Gasteiger partial charge in [-0.05, 0) is 24.3 Å². The number of aliphatic hydroxyl groups excluding tert-OH is 1. The van der Waals surface area contributed by atoms with Gasteiger partial charge in [-0.1, -0.05) is 0 Å². The van der Waals surface area contributed by atoms with Crippen molar-refractivity contribution >= 4 is 17.6 Å². The number of nitrogens with one attached hydrogen (secondary N) is 1. The third-order valence-corrected chi connectivity index (χ3v) is 5.29. The zero-order chi connectivity index (χ0) is 24.6. The summed E-state index contributed by atoms with van der Waals surface area (Å²) < 4.78 is 45.2. The smallest absolute Gasteiger partial charge is 0.351 e. The number of carbonyl (C=O) groups excluding carboxylic acids is 2. The molecular formula is C21H22F2N4O7. The zero-order valence-corrected chi connectivity index (χ0v) is 18.2. The maximum Gasteiger partial charge on any atom is 0.351 e. The molecule has 2 aromatic rings. The molecule has 1 fully saturated rings. The van der Waals surface area contributed by atoms with Crippen LogP contribution in [0.1, 0.15) is 23.0 Å². The van der Waals surface area contributed by atoms with Gasteiger partial charge in [0.25, 0.3) is 17.7 Å². The minimum Gasteiger partial charge on any atom is -0.485 e. The number of hydrogen-bond acceptors (Lipinski definition) is 8. The Morgan fingerprint density at radius 2 is 2.06 bits per heavy atom. The van der Waals surface area contributed by atoms with Crippen LogP contribution in [0.4, 0.5) is 14.6 Å². The molecular weight excluding hydrogens is 458 g/mol. The lowest BCUT2D eigenvalue weighted by atomic mass is 10.1. The fourth-order valence-electron chi connectivity index (χ4n) is 3.58. The highest BCUT2D eigenvalue weighted by atomic mass is 19.3. The Kier molecular flexibility index (Phi) is 6.23. The molecule has 0 radical (unpaired) electrons. The second kappa shape index (κ2) is 8.99. The Morgan fingerprint density at radius 3 is 2.71 bits per heavy atom. The number of halogens is 2. The third-order valence-electron chi connectivity index (χ3n) is 5.29. The van der Waals surface area contributed by atoms with E-state index in [-0.39, 0.29) is 29.6 Å². The number of aromatic nitrogens is 2. The number of rotatable bonds is 5. The molecule has 0 spiro atoms. The lowest BCUT2D eigenvalue weighted by Gasteiger charge is -2.27. The van der Waals surface area contributed by atoms with Gasteiger partial charge in [-0.2, -0.15) is 4.98 Å². The largest absolute Gasteiger partial charge is 0.485 e. The molecule has 1 aromatic heterocycles. The van der Waals surface area contributed by atoms with Gasteiger partial charge in [-0.3, -0.25) is 14.2 Å². The molecule has 11 nitrogen and oxygen atoms in total. The Labute approximate surface area is 191 Å². The van der Waals surface area contributed by atoms with Gasteiger partial charge >= 0.3 is 5.69 Å². The van der Waals surface area contributed by atoms with E-state index in [1.807, 2.05) is 0 Å². The van der Waals surface area contributed by atoms with E-state index in [0.29, 0.717) is 10.3 Å². The van der Waals surface area contributed by atoms with Crippen molar-refractivity contribution in [1.29, 1.82) is 0 Å². The van der Waals surface area contributed by atoms with Crippen LogP contribution in [0.2, 0.25) is 0 Å². The van der Waals surface area contributed by atoms with E-state index < -0.39 is 49.0 Å². The second-order valence-electron chi connectivity index (χ2n) is 8.03. The number of fused-ring (bicyclic) bond motifs is 1. The first kappa shape index (κ1) is 23.6. The quantitative estimate of drug-likeness (QED) is 0.637. The number of likely N-dealkylation sites (N-methyl/N-ethyl adjacent to an activating group) is 1. The van der Waals surface area contributed by atoms with E-state index in [2.05, 4.69) is 10.3 Å². The van der Waals surface area contributed by atoms with Gasteiger partial charge in [0.15, 0.2) is 11.5 Å². The molecule has 1 aromatic carbocycles. The molecule has 2 unspecified atom stereocenters. The number of hydrogen-bond donors (Lipinski definition) is 2. The molecule has 1 saturated heterocycles. The fraction of sp³-hybridized carbons (Fsp3) is 0.429. The maximum atomic E-state index is 14.2. The number of ether oxygens (including phenoxy) is 3. The van der Waals surface area contributed by atoms with Crippen molar-refractivity contribution in [2.24, 2.45) is 0 Å². The third kappa shape index (κ3) is 4.56. The number of aliphatic hydroxyl groups is 1. The van der Waals surface area contributed by atoms with E-state index in [0.717, 1.165) is 6.20 Å². The predicted octanol–water partition coefficient (Wildman–Crippen LogP) is 0.639. The van der Waals surface area contributed by atoms with Crippen molar-refractivity contribution in [2.45, 2.75) is 30.8 Å². The summed E-state index contributed by atoms with van der Waals surface area (Å²) in [5, 5.41) is 11.5. The van der Waals surface area contributed by atoms with E-state index in [1.54, 1.807) is 14.1 Å². The molecule has 4 rings (SSSR count). The highest BCUT2D eigenvalue weighted by Crippen LogP contribution is 2.41. The Morgan fingerprint density at radius 1 is 1.29 bits per heavy atom. The SMILES string of the molecule is CN(C)C(=O)C1COc2ccc(C(=O)Nc3ccn(C4O[C@H](CO)CC4(F)F)c(=O)n3)cc2O1. The van der Waals surface area contributed by atoms with Gasteiger partial charge in [0.2, 0.25) is 12.3 Å². The van der Waals surface area contributed by atoms with Gasteiger partial charge < -0.3 is 29.5 Å². The molecule has 0 bridgehead atoms. The molecule has 13 heteroatoms. The first-order valence-electron chi connectivity index (χ1n) is 10.3. The molecule has 2 amide bonds. The van der Waals surface area contributed by atoms with Gasteiger partial charge in [-0.25, -0.2) is 13.6 Å². The summed E-state index contributed by atoms with van der Waals surface area (Å²) in [4.78, 5) is 42.1. The lowest BCUT2D eigenvalue weighted by Crippen LogP contribution is -2.43. The van der Waals surface area contributed by atoms with Crippen LogP contribution >= 0.6 is 0 Å². The van der Waals surface area contributed by atoms with Crippen LogP contribution in [-0.4, -0.2) is 76.8 Å². The number of benzene rings is 1. The van der Waals surface area contributed by atoms with Gasteiger partial charge in [0, 0.05) is 32.3 Å². The van der Waals surface area contributed by atoms with Crippen molar-refractivity contribution in [3.8, 4) is 11.5 Å². The average molecular weight is 480 g/mol. The van der Waals surface area contributed by atoms with Crippen LogP contribution in [-0.2, 0) is 9.53 Å². The highest BCUT2D eigenvalue weighted by Gasteiger charge is 2.51. The van der Waals surface area contributed by atoms with Gasteiger partial charge in [0.1, 0.15) is 12.4 Å². The molecule has 2 aliphatic rings. The van der Waals surface area contributed by atoms with Gasteiger partial charge in [-0.15, -0.1) is 0 Å². The molecule has 2 N–H and O–H groups in total. The summed E-state index contributed by atoms with van der Waals surface area (Å²) in [7, 11) is 3.16. The van der Waals surface area contributed by atoms with E-state index >= 15 is 0 Å². The van der Waals surface area contributed by atoms with Crippen molar-refractivity contribution in [1.82, 2.24) is 14.5 Å². The highest BCUT2D eigenvalue weighted by molar-refractivity contribution is 6.04. The fourth-order valence-corrected chi connectivity index (χ4v) is 3.58. The number of carbonyl (C=O) groups is 2. The van der Waals surface area contributed by atoms with Crippen molar-refractivity contribution in [3.63, 3.8) is 0 Å². The van der Waals surface area contributed by atoms with Crippen molar-refractivity contribution in [2.75, 3.05) is 32.6 Å². The summed E-state index contributed by atoms with van der Waals surface area (Å²) in [6, 6.07) is 5.51. The number of nitrogens with zero attached hydrogens (tertiary/aromatic N) is 3. The topological polar surface area (TPSA) is 132 Å². The standard InChI is InChI=1S/C21H22F2N4O7/c1-26(2)18(30)15-10-32-13-4-3-11(7-14(13)34-15)17(29)24-16-5-6-27(20(31)25-16)19-21(22,23)8-12(9-28)33-19/h3-7,12,15,19,28H,8-10H2,1-2H3,(H,24,25,29,31)/t12-,15?,19?/m0/s1. The number of amides is 2. The Balaban J connectivity index is 1.49. The molecule has 3 heterocycles. The molecule has 0 saturated carbocycles. The molecule has 182 valence electrons. The first-order chi connectivity index (χ1) is 16.1. The van der Waals surface area contributed by atoms with Crippen LogP contribution in [0.3, 0.4) is 0 Å². The van der Waals surface area contributed by atoms with Crippen LogP contribution in [0.5, 0.6) is 11.5 Å². The minimum atomic E-state index is -3.37. The van der Waals surface area contributed by atoms with Crippen LogP contribution < -0.4 is 20.5 Å². The average Bonchev–Trinajstić information content (AvgIpc) is 3.11. The molecule has 0 aliphatic carbocycles. The summed E-state index contributed by atoms with van der Waals surface area (Å²) in [6.07, 6.45) is -3.58. The zero-order valence-electron chi connectivity index (χ0n) is 18.2. The second-order valence-corrected chi connectivity index (χ2v) is 8.03. The molecule has 2 aliphatic heterocycles. The Hall–Kier alpha value is -3.58. The number of anilines is 1. The number of alkyl halides is 2. The predicted molar refractivity (Wildman–Crippen MR) is 112 cm³/mol.